The number of benzene rings is 1. The van der Waals surface area contributed by atoms with Crippen LogP contribution in [-0.2, 0) is 0 Å². The largest absolute Gasteiger partial charge is 0.369 e. The lowest BCUT2D eigenvalue weighted by Crippen LogP contribution is -2.29. The standard InChI is InChI=1S/C10H13ClN2/c11-8-4-1-2-5-9(8)13-10-6-3-7-12-10/h1-2,4-5,10,12-13H,3,6-7H2. The van der Waals surface area contributed by atoms with Crippen LogP contribution in [0.4, 0.5) is 5.69 Å². The third kappa shape index (κ3) is 2.14. The summed E-state index contributed by atoms with van der Waals surface area (Å²) in [7, 11) is 0. The van der Waals surface area contributed by atoms with Gasteiger partial charge in [0.1, 0.15) is 0 Å². The van der Waals surface area contributed by atoms with Crippen LogP contribution in [0.25, 0.3) is 0 Å². The Morgan fingerprint density at radius 3 is 2.92 bits per heavy atom. The fourth-order valence-corrected chi connectivity index (χ4v) is 1.76. The number of hydrogen-bond donors (Lipinski definition) is 2. The van der Waals surface area contributed by atoms with Gasteiger partial charge in [0, 0.05) is 0 Å². The summed E-state index contributed by atoms with van der Waals surface area (Å²) in [6, 6.07) is 7.83. The maximum absolute atomic E-state index is 6.01. The number of para-hydroxylation sites is 1. The van der Waals surface area contributed by atoms with Crippen molar-refractivity contribution < 1.29 is 0 Å². The summed E-state index contributed by atoms with van der Waals surface area (Å²) in [4.78, 5) is 0. The summed E-state index contributed by atoms with van der Waals surface area (Å²) >= 11 is 6.01. The highest BCUT2D eigenvalue weighted by Gasteiger charge is 2.13. The van der Waals surface area contributed by atoms with E-state index in [0.29, 0.717) is 6.17 Å². The van der Waals surface area contributed by atoms with Crippen LogP contribution in [0, 0.1) is 0 Å². The van der Waals surface area contributed by atoms with Crippen molar-refractivity contribution in [1.82, 2.24) is 5.32 Å². The maximum atomic E-state index is 6.01. The van der Waals surface area contributed by atoms with Crippen molar-refractivity contribution in [1.29, 1.82) is 0 Å². The Hall–Kier alpha value is -0.730. The molecule has 1 aliphatic heterocycles. The number of nitrogens with one attached hydrogen (secondary N) is 2. The molecule has 0 bridgehead atoms. The van der Waals surface area contributed by atoms with Gasteiger partial charge in [-0.25, -0.2) is 0 Å². The van der Waals surface area contributed by atoms with Gasteiger partial charge in [-0.05, 0) is 31.5 Å². The van der Waals surface area contributed by atoms with E-state index < -0.39 is 0 Å². The second kappa shape index (κ2) is 3.99. The molecule has 1 saturated heterocycles. The van der Waals surface area contributed by atoms with E-state index in [1.807, 2.05) is 24.3 Å². The smallest absolute Gasteiger partial charge is 0.0769 e. The first-order chi connectivity index (χ1) is 6.36. The lowest BCUT2D eigenvalue weighted by Gasteiger charge is -2.14. The van der Waals surface area contributed by atoms with Gasteiger partial charge in [-0.1, -0.05) is 23.7 Å². The first-order valence-corrected chi connectivity index (χ1v) is 4.98. The van der Waals surface area contributed by atoms with Gasteiger partial charge in [-0.2, -0.15) is 0 Å². The highest BCUT2D eigenvalue weighted by molar-refractivity contribution is 6.33. The molecular weight excluding hydrogens is 184 g/mol. The Morgan fingerprint density at radius 2 is 2.23 bits per heavy atom. The van der Waals surface area contributed by atoms with Gasteiger partial charge in [0.15, 0.2) is 0 Å². The van der Waals surface area contributed by atoms with Crippen molar-refractivity contribution >= 4 is 17.3 Å². The molecule has 1 aliphatic rings. The monoisotopic (exact) mass is 196 g/mol. The molecule has 70 valence electrons. The Morgan fingerprint density at radius 1 is 1.38 bits per heavy atom. The minimum absolute atomic E-state index is 0.389. The minimum atomic E-state index is 0.389. The van der Waals surface area contributed by atoms with E-state index in [0.717, 1.165) is 17.3 Å². The molecule has 3 heteroatoms. The second-order valence-corrected chi connectivity index (χ2v) is 3.68. The zero-order valence-corrected chi connectivity index (χ0v) is 8.14. The van der Waals surface area contributed by atoms with Gasteiger partial charge in [-0.15, -0.1) is 0 Å². The van der Waals surface area contributed by atoms with Crippen molar-refractivity contribution in [3.05, 3.63) is 29.3 Å². The number of rotatable bonds is 2. The third-order valence-electron chi connectivity index (χ3n) is 2.26. The van der Waals surface area contributed by atoms with Crippen molar-refractivity contribution in [3.63, 3.8) is 0 Å². The van der Waals surface area contributed by atoms with Crippen molar-refractivity contribution in [2.45, 2.75) is 19.0 Å². The predicted molar refractivity (Wildman–Crippen MR) is 56.1 cm³/mol. The van der Waals surface area contributed by atoms with Crippen molar-refractivity contribution in [2.24, 2.45) is 0 Å². The average molecular weight is 197 g/mol. The molecule has 0 amide bonds. The quantitative estimate of drug-likeness (QED) is 0.760. The molecular formula is C10H13ClN2. The van der Waals surface area contributed by atoms with Crippen molar-refractivity contribution in [3.8, 4) is 0 Å². The van der Waals surface area contributed by atoms with E-state index in [1.54, 1.807) is 0 Å². The molecule has 2 rings (SSSR count). The van der Waals surface area contributed by atoms with Crippen LogP contribution < -0.4 is 10.6 Å². The molecule has 0 spiro atoms. The van der Waals surface area contributed by atoms with E-state index in [4.69, 9.17) is 11.6 Å². The highest BCUT2D eigenvalue weighted by atomic mass is 35.5. The number of hydrogen-bond acceptors (Lipinski definition) is 2. The summed E-state index contributed by atoms with van der Waals surface area (Å²) in [6.45, 7) is 1.10. The maximum Gasteiger partial charge on any atom is 0.0769 e. The molecule has 1 aromatic carbocycles. The van der Waals surface area contributed by atoms with Crippen LogP contribution in [0.2, 0.25) is 5.02 Å². The fraction of sp³-hybridized carbons (Fsp3) is 0.400. The molecule has 13 heavy (non-hydrogen) atoms. The molecule has 1 aromatic rings. The predicted octanol–water partition coefficient (Wildman–Crippen LogP) is 2.46. The van der Waals surface area contributed by atoms with Crippen LogP contribution in [0.3, 0.4) is 0 Å². The van der Waals surface area contributed by atoms with Crippen molar-refractivity contribution in [2.75, 3.05) is 11.9 Å². The zero-order valence-electron chi connectivity index (χ0n) is 7.39. The molecule has 1 unspecified atom stereocenters. The number of anilines is 1. The SMILES string of the molecule is Clc1ccccc1NC1CCCN1. The lowest BCUT2D eigenvalue weighted by atomic mass is 10.3. The molecule has 2 nitrogen and oxygen atoms in total. The van der Waals surface area contributed by atoms with Gasteiger partial charge in [0.05, 0.1) is 16.9 Å². The van der Waals surface area contributed by atoms with E-state index in [9.17, 15) is 0 Å². The molecule has 1 fully saturated rings. The first kappa shape index (κ1) is 8.85. The van der Waals surface area contributed by atoms with Gasteiger partial charge >= 0.3 is 0 Å². The Kier molecular flexibility index (Phi) is 2.71. The van der Waals surface area contributed by atoms with Gasteiger partial charge in [0.25, 0.3) is 0 Å². The van der Waals surface area contributed by atoms with E-state index in [-0.39, 0.29) is 0 Å². The first-order valence-electron chi connectivity index (χ1n) is 4.61. The summed E-state index contributed by atoms with van der Waals surface area (Å²) in [5, 5.41) is 7.52. The summed E-state index contributed by atoms with van der Waals surface area (Å²) in [5.41, 5.74) is 1.02. The molecule has 0 aromatic heterocycles. The van der Waals surface area contributed by atoms with Crippen LogP contribution in [0.15, 0.2) is 24.3 Å². The molecule has 0 radical (unpaired) electrons. The second-order valence-electron chi connectivity index (χ2n) is 3.27. The highest BCUT2D eigenvalue weighted by Crippen LogP contribution is 2.22. The molecule has 1 atom stereocenters. The van der Waals surface area contributed by atoms with Crippen LogP contribution in [0.1, 0.15) is 12.8 Å². The Labute approximate surface area is 83.3 Å². The molecule has 1 heterocycles. The fourth-order valence-electron chi connectivity index (χ4n) is 1.57. The average Bonchev–Trinajstić information content (AvgIpc) is 2.61. The van der Waals surface area contributed by atoms with E-state index >= 15 is 0 Å². The summed E-state index contributed by atoms with van der Waals surface area (Å²) < 4.78 is 0. The Bertz CT molecular complexity index is 282. The molecule has 0 aliphatic carbocycles. The van der Waals surface area contributed by atoms with Gasteiger partial charge in [-0.3, -0.25) is 5.32 Å². The topological polar surface area (TPSA) is 24.1 Å². The van der Waals surface area contributed by atoms with E-state index in [1.165, 1.54) is 12.8 Å². The van der Waals surface area contributed by atoms with Crippen LogP contribution >= 0.6 is 11.6 Å². The Balaban J connectivity index is 2.04. The summed E-state index contributed by atoms with van der Waals surface area (Å²) in [5.74, 6) is 0. The van der Waals surface area contributed by atoms with E-state index in [2.05, 4.69) is 10.6 Å². The third-order valence-corrected chi connectivity index (χ3v) is 2.59. The molecule has 2 N–H and O–H groups in total. The lowest BCUT2D eigenvalue weighted by molar-refractivity contribution is 0.679. The van der Waals surface area contributed by atoms with Crippen LogP contribution in [0.5, 0.6) is 0 Å². The van der Waals surface area contributed by atoms with Crippen LogP contribution in [-0.4, -0.2) is 12.7 Å². The normalized spacial score (nSPS) is 21.8. The summed E-state index contributed by atoms with van der Waals surface area (Å²) in [6.07, 6.45) is 2.80. The van der Waals surface area contributed by atoms with Gasteiger partial charge < -0.3 is 5.32 Å². The molecule has 0 saturated carbocycles. The number of halogens is 1. The minimum Gasteiger partial charge on any atom is -0.369 e. The zero-order chi connectivity index (χ0) is 9.10. The van der Waals surface area contributed by atoms with Gasteiger partial charge in [0.2, 0.25) is 0 Å².